The van der Waals surface area contributed by atoms with E-state index in [1.165, 1.54) is 28.1 Å². The van der Waals surface area contributed by atoms with Crippen LogP contribution in [0.3, 0.4) is 0 Å². The van der Waals surface area contributed by atoms with Crippen LogP contribution >= 0.6 is 0 Å². The highest BCUT2D eigenvalue weighted by molar-refractivity contribution is 5.96. The van der Waals surface area contributed by atoms with E-state index in [0.717, 1.165) is 0 Å². The standard InChI is InChI=1S/C49H56N4O12/c1-32(52-45(57)63-28-34-14-8-5-9-15-34)42(55)47(59,30-50)44(41(51)48(60,31-54)43(56)33(2)53-46(58)64-29-35-16-10-6-11-17-35)65-49(36-18-12-7-13-19-36,37-20-24-39(61-3)25-21-37)38-22-26-40(62-4)27-23-38/h5-27,32-33,41,44,54,59-60H,28-31,50-51H2,1-4H3,(H,52,57)(H,53,58)/t32-,33-,41?,44?,47?,48?/m0/s1. The van der Waals surface area contributed by atoms with Gasteiger partial charge in [-0.05, 0) is 65.9 Å². The second-order valence-electron chi connectivity index (χ2n) is 15.4. The molecule has 5 aromatic carbocycles. The highest BCUT2D eigenvalue weighted by atomic mass is 16.6. The lowest BCUT2D eigenvalue weighted by atomic mass is 9.74. The van der Waals surface area contributed by atoms with Crippen molar-refractivity contribution in [1.82, 2.24) is 10.6 Å². The Labute approximate surface area is 377 Å². The van der Waals surface area contributed by atoms with E-state index in [9.17, 15) is 34.5 Å². The van der Waals surface area contributed by atoms with Gasteiger partial charge in [0.05, 0.1) is 39.0 Å². The van der Waals surface area contributed by atoms with Gasteiger partial charge < -0.3 is 61.1 Å². The number of benzene rings is 5. The number of ketones is 2. The number of carbonyl (C=O) groups excluding carboxylic acids is 4. The fourth-order valence-electron chi connectivity index (χ4n) is 7.41. The first-order valence-electron chi connectivity index (χ1n) is 20.7. The SMILES string of the molecule is COc1ccc(C(OC(C(N)C(O)(CO)C(=O)[C@H](C)NC(=O)OCc2ccccc2)C(O)(CN)C(=O)[C@H](C)NC(=O)OCc2ccccc2)(c2ccccc2)c2ccc(OC)cc2)cc1. The van der Waals surface area contributed by atoms with Crippen LogP contribution in [-0.4, -0.2) is 102 Å². The summed E-state index contributed by atoms with van der Waals surface area (Å²) >= 11 is 0. The van der Waals surface area contributed by atoms with Gasteiger partial charge in [0.2, 0.25) is 0 Å². The number of rotatable bonds is 22. The fourth-order valence-corrected chi connectivity index (χ4v) is 7.41. The molecule has 344 valence electrons. The van der Waals surface area contributed by atoms with Gasteiger partial charge in [-0.1, -0.05) is 115 Å². The Kier molecular flexibility index (Phi) is 16.9. The number of Topliss-reactive ketones (excluding diaryl/α,β-unsaturated/α-hetero) is 2. The summed E-state index contributed by atoms with van der Waals surface area (Å²) in [6.45, 7) is -0.152. The molecule has 6 atom stereocenters. The van der Waals surface area contributed by atoms with Crippen LogP contribution in [0.5, 0.6) is 11.5 Å². The van der Waals surface area contributed by atoms with E-state index in [1.54, 1.807) is 140 Å². The number of methoxy groups -OCH3 is 2. The molecule has 0 aliphatic carbocycles. The zero-order chi connectivity index (χ0) is 47.2. The zero-order valence-electron chi connectivity index (χ0n) is 36.6. The lowest BCUT2D eigenvalue weighted by molar-refractivity contribution is -0.195. The maximum absolute atomic E-state index is 14.8. The van der Waals surface area contributed by atoms with Crippen molar-refractivity contribution >= 4 is 23.8 Å². The van der Waals surface area contributed by atoms with Gasteiger partial charge in [0.25, 0.3) is 0 Å². The molecule has 0 aliphatic rings. The van der Waals surface area contributed by atoms with Crippen molar-refractivity contribution in [3.8, 4) is 11.5 Å². The average molecular weight is 893 g/mol. The highest BCUT2D eigenvalue weighted by Gasteiger charge is 2.59. The molecule has 0 radical (unpaired) electrons. The summed E-state index contributed by atoms with van der Waals surface area (Å²) in [5.41, 5.74) is 7.83. The van der Waals surface area contributed by atoms with Gasteiger partial charge in [0, 0.05) is 6.54 Å². The van der Waals surface area contributed by atoms with Crippen LogP contribution in [0.15, 0.2) is 140 Å². The summed E-state index contributed by atoms with van der Waals surface area (Å²) in [7, 11) is 2.97. The minimum atomic E-state index is -3.08. The Hall–Kier alpha value is -6.66. The molecule has 5 aromatic rings. The molecule has 4 unspecified atom stereocenters. The summed E-state index contributed by atoms with van der Waals surface area (Å²) in [5.74, 6) is -1.46. The molecule has 0 aliphatic heterocycles. The molecule has 0 aromatic heterocycles. The van der Waals surface area contributed by atoms with Crippen molar-refractivity contribution in [3.05, 3.63) is 167 Å². The molecule has 2 amide bonds. The van der Waals surface area contributed by atoms with Gasteiger partial charge in [-0.3, -0.25) is 9.59 Å². The number of hydrogen-bond acceptors (Lipinski definition) is 14. The molecule has 0 spiro atoms. The third kappa shape index (κ3) is 11.4. The smallest absolute Gasteiger partial charge is 0.408 e. The van der Waals surface area contributed by atoms with Crippen LogP contribution in [0, 0.1) is 0 Å². The van der Waals surface area contributed by atoms with Crippen molar-refractivity contribution < 1.29 is 58.2 Å². The number of amides is 2. The Bertz CT molecular complexity index is 2270. The Morgan fingerprint density at radius 3 is 1.32 bits per heavy atom. The molecule has 16 heteroatoms. The fraction of sp³-hybridized carbons (Fsp3) is 0.306. The number of nitrogens with two attached hydrogens (primary N) is 2. The molecule has 0 fully saturated rings. The molecule has 0 heterocycles. The Balaban J connectivity index is 1.64. The molecule has 0 saturated heterocycles. The van der Waals surface area contributed by atoms with Crippen LogP contribution in [0.25, 0.3) is 0 Å². The van der Waals surface area contributed by atoms with E-state index >= 15 is 0 Å². The Morgan fingerprint density at radius 2 is 0.954 bits per heavy atom. The second kappa shape index (κ2) is 22.3. The molecular formula is C49H56N4O12. The van der Waals surface area contributed by atoms with E-state index < -0.39 is 77.9 Å². The lowest BCUT2D eigenvalue weighted by Gasteiger charge is -2.48. The highest BCUT2D eigenvalue weighted by Crippen LogP contribution is 2.45. The number of hydrogen-bond donors (Lipinski definition) is 7. The topological polar surface area (TPSA) is 251 Å². The summed E-state index contributed by atoms with van der Waals surface area (Å²) in [5, 5.41) is 41.0. The summed E-state index contributed by atoms with van der Waals surface area (Å²) in [6, 6.07) is 34.1. The van der Waals surface area contributed by atoms with E-state index in [4.69, 9.17) is 35.2 Å². The maximum Gasteiger partial charge on any atom is 0.408 e. The van der Waals surface area contributed by atoms with Crippen molar-refractivity contribution in [1.29, 1.82) is 0 Å². The van der Waals surface area contributed by atoms with Gasteiger partial charge in [-0.25, -0.2) is 9.59 Å². The van der Waals surface area contributed by atoms with Gasteiger partial charge in [0.15, 0.2) is 22.8 Å². The quantitative estimate of drug-likeness (QED) is 0.0488. The number of aliphatic hydroxyl groups excluding tert-OH is 1. The van der Waals surface area contributed by atoms with Gasteiger partial charge >= 0.3 is 12.2 Å². The zero-order valence-corrected chi connectivity index (χ0v) is 36.6. The van der Waals surface area contributed by atoms with Crippen LogP contribution in [0.1, 0.15) is 41.7 Å². The summed E-state index contributed by atoms with van der Waals surface area (Å²) < 4.78 is 28.7. The molecule has 5 rings (SSSR count). The molecule has 0 bridgehead atoms. The normalized spacial score (nSPS) is 15.1. The second-order valence-corrected chi connectivity index (χ2v) is 15.4. The lowest BCUT2D eigenvalue weighted by Crippen LogP contribution is -2.74. The number of alkyl carbamates (subject to hydrolysis) is 2. The molecule has 9 N–H and O–H groups in total. The van der Waals surface area contributed by atoms with E-state index in [-0.39, 0.29) is 13.2 Å². The van der Waals surface area contributed by atoms with Crippen molar-refractivity contribution in [2.24, 2.45) is 11.5 Å². The molecular weight excluding hydrogens is 837 g/mol. The average Bonchev–Trinajstić information content (AvgIpc) is 3.35. The van der Waals surface area contributed by atoms with Gasteiger partial charge in [-0.15, -0.1) is 0 Å². The van der Waals surface area contributed by atoms with Crippen molar-refractivity contribution in [2.75, 3.05) is 27.4 Å². The number of nitrogens with one attached hydrogen (secondary N) is 2. The predicted molar refractivity (Wildman–Crippen MR) is 240 cm³/mol. The third-order valence-corrected chi connectivity index (χ3v) is 11.1. The first-order chi connectivity index (χ1) is 31.2. The molecule has 0 saturated carbocycles. The van der Waals surface area contributed by atoms with Gasteiger partial charge in [-0.2, -0.15) is 0 Å². The largest absolute Gasteiger partial charge is 0.497 e. The summed E-state index contributed by atoms with van der Waals surface area (Å²) in [6.07, 6.45) is -4.29. The minimum Gasteiger partial charge on any atom is -0.497 e. The predicted octanol–water partition coefficient (Wildman–Crippen LogP) is 3.89. The van der Waals surface area contributed by atoms with Crippen LogP contribution in [0.4, 0.5) is 9.59 Å². The minimum absolute atomic E-state index is 0.146. The van der Waals surface area contributed by atoms with Gasteiger partial charge in [0.1, 0.15) is 36.4 Å². The first kappa shape index (κ1) is 49.4. The van der Waals surface area contributed by atoms with Crippen molar-refractivity contribution in [3.63, 3.8) is 0 Å². The number of ether oxygens (including phenoxy) is 5. The van der Waals surface area contributed by atoms with Crippen LogP contribution < -0.4 is 31.6 Å². The van der Waals surface area contributed by atoms with Crippen molar-refractivity contribution in [2.45, 2.75) is 68.1 Å². The number of aliphatic hydroxyl groups is 3. The third-order valence-electron chi connectivity index (χ3n) is 11.1. The summed E-state index contributed by atoms with van der Waals surface area (Å²) in [4.78, 5) is 55.2. The van der Waals surface area contributed by atoms with E-state index in [1.807, 2.05) is 0 Å². The van der Waals surface area contributed by atoms with E-state index in [0.29, 0.717) is 39.3 Å². The maximum atomic E-state index is 14.8. The molecule has 65 heavy (non-hydrogen) atoms. The Morgan fingerprint density at radius 1 is 0.585 bits per heavy atom. The van der Waals surface area contributed by atoms with E-state index in [2.05, 4.69) is 10.6 Å². The first-order valence-corrected chi connectivity index (χ1v) is 20.7. The monoisotopic (exact) mass is 892 g/mol. The molecule has 16 nitrogen and oxygen atoms in total. The number of carbonyl (C=O) groups is 4. The van der Waals surface area contributed by atoms with Crippen LogP contribution in [-0.2, 0) is 42.6 Å². The van der Waals surface area contributed by atoms with Crippen LogP contribution in [0.2, 0.25) is 0 Å².